The Morgan fingerprint density at radius 3 is 2.61 bits per heavy atom. The number of anilines is 2. The lowest BCUT2D eigenvalue weighted by molar-refractivity contribution is 0.0949. The van der Waals surface area contributed by atoms with E-state index in [0.717, 1.165) is 22.7 Å². The molecule has 0 atom stereocenters. The third-order valence-corrected chi connectivity index (χ3v) is 4.75. The van der Waals surface area contributed by atoms with Crippen molar-refractivity contribution < 1.29 is 9.53 Å². The number of carbonyl (C=O) groups is 1. The van der Waals surface area contributed by atoms with Crippen LogP contribution in [-0.2, 0) is 6.42 Å². The van der Waals surface area contributed by atoms with Gasteiger partial charge in [-0.2, -0.15) is 0 Å². The number of aryl methyl sites for hydroxylation is 1. The summed E-state index contributed by atoms with van der Waals surface area (Å²) < 4.78 is 5.33. The van der Waals surface area contributed by atoms with Gasteiger partial charge in [0, 0.05) is 12.2 Å². The van der Waals surface area contributed by atoms with Gasteiger partial charge in [-0.25, -0.2) is 4.98 Å². The van der Waals surface area contributed by atoms with Gasteiger partial charge in [-0.05, 0) is 61.2 Å². The summed E-state index contributed by atoms with van der Waals surface area (Å²) in [5.74, 6) is 0.643. The highest BCUT2D eigenvalue weighted by Crippen LogP contribution is 2.22. The van der Waals surface area contributed by atoms with Gasteiger partial charge in [0.2, 0.25) is 0 Å². The number of para-hydroxylation sites is 1. The van der Waals surface area contributed by atoms with E-state index in [9.17, 15) is 4.79 Å². The quantitative estimate of drug-likeness (QED) is 0.641. The maximum atomic E-state index is 12.3. The fourth-order valence-corrected chi connectivity index (χ4v) is 2.95. The molecule has 3 rings (SSSR count). The smallest absolute Gasteiger partial charge is 0.269 e. The Balaban J connectivity index is 1.57. The Morgan fingerprint density at radius 1 is 1.04 bits per heavy atom. The Labute approximate surface area is 165 Å². The Bertz CT molecular complexity index is 952. The third kappa shape index (κ3) is 4.68. The fraction of sp³-hybridized carbons (Fsp3) is 0.217. The maximum absolute atomic E-state index is 12.3. The molecule has 0 aliphatic heterocycles. The van der Waals surface area contributed by atoms with Crippen LogP contribution in [0.5, 0.6) is 5.75 Å². The molecule has 5 nitrogen and oxygen atoms in total. The van der Waals surface area contributed by atoms with E-state index in [0.29, 0.717) is 18.7 Å². The predicted octanol–water partition coefficient (Wildman–Crippen LogP) is 4.42. The lowest BCUT2D eigenvalue weighted by atomic mass is 10.1. The number of nitrogens with zero attached hydrogens (tertiary/aromatic N) is 1. The van der Waals surface area contributed by atoms with E-state index in [1.54, 1.807) is 19.4 Å². The zero-order chi connectivity index (χ0) is 19.9. The van der Waals surface area contributed by atoms with E-state index in [4.69, 9.17) is 4.74 Å². The van der Waals surface area contributed by atoms with Gasteiger partial charge < -0.3 is 15.4 Å². The molecule has 0 aliphatic rings. The number of amides is 1. The van der Waals surface area contributed by atoms with Crippen LogP contribution >= 0.6 is 0 Å². The van der Waals surface area contributed by atoms with E-state index in [1.807, 2.05) is 42.5 Å². The van der Waals surface area contributed by atoms with Gasteiger partial charge in [0.05, 0.1) is 19.0 Å². The van der Waals surface area contributed by atoms with Gasteiger partial charge in [-0.15, -0.1) is 0 Å². The molecule has 1 aromatic heterocycles. The van der Waals surface area contributed by atoms with Crippen LogP contribution < -0.4 is 15.4 Å². The molecular formula is C23H25N3O2. The van der Waals surface area contributed by atoms with Crippen LogP contribution in [0.25, 0.3) is 0 Å². The summed E-state index contributed by atoms with van der Waals surface area (Å²) >= 11 is 0. The number of aromatic nitrogens is 1. The number of nitrogens with one attached hydrogen (secondary N) is 2. The minimum atomic E-state index is -0.187. The van der Waals surface area contributed by atoms with Crippen LogP contribution in [0.1, 0.15) is 27.2 Å². The summed E-state index contributed by atoms with van der Waals surface area (Å²) in [5, 5.41) is 6.26. The van der Waals surface area contributed by atoms with Gasteiger partial charge in [-0.3, -0.25) is 4.79 Å². The number of methoxy groups -OCH3 is 1. The molecule has 0 radical (unpaired) electrons. The summed E-state index contributed by atoms with van der Waals surface area (Å²) in [6, 6.07) is 17.5. The largest absolute Gasteiger partial charge is 0.496 e. The van der Waals surface area contributed by atoms with Gasteiger partial charge in [-0.1, -0.05) is 30.3 Å². The van der Waals surface area contributed by atoms with E-state index in [2.05, 4.69) is 35.5 Å². The molecule has 0 saturated heterocycles. The van der Waals surface area contributed by atoms with Gasteiger partial charge in [0.1, 0.15) is 11.4 Å². The molecule has 0 saturated carbocycles. The zero-order valence-electron chi connectivity index (χ0n) is 16.5. The van der Waals surface area contributed by atoms with Crippen molar-refractivity contribution in [3.05, 3.63) is 83.2 Å². The number of hydrogen-bond acceptors (Lipinski definition) is 4. The van der Waals surface area contributed by atoms with Gasteiger partial charge in [0.15, 0.2) is 0 Å². The highest BCUT2D eigenvalue weighted by atomic mass is 16.5. The van der Waals surface area contributed by atoms with Crippen molar-refractivity contribution in [2.24, 2.45) is 0 Å². The number of pyridine rings is 1. The molecule has 5 heteroatoms. The average molecular weight is 375 g/mol. The highest BCUT2D eigenvalue weighted by molar-refractivity contribution is 5.92. The molecule has 0 bridgehead atoms. The molecule has 1 heterocycles. The van der Waals surface area contributed by atoms with Crippen molar-refractivity contribution in [1.82, 2.24) is 10.3 Å². The molecule has 0 unspecified atom stereocenters. The van der Waals surface area contributed by atoms with E-state index in [1.165, 1.54) is 11.1 Å². The second-order valence-electron chi connectivity index (χ2n) is 6.62. The van der Waals surface area contributed by atoms with E-state index < -0.39 is 0 Å². The number of ether oxygens (including phenoxy) is 1. The first kappa shape index (κ1) is 19.4. The van der Waals surface area contributed by atoms with Crippen LogP contribution in [0, 0.1) is 13.8 Å². The molecule has 3 aromatic rings. The van der Waals surface area contributed by atoms with Crippen LogP contribution in [0.15, 0.2) is 60.8 Å². The second-order valence-corrected chi connectivity index (χ2v) is 6.62. The van der Waals surface area contributed by atoms with E-state index >= 15 is 0 Å². The third-order valence-electron chi connectivity index (χ3n) is 4.75. The van der Waals surface area contributed by atoms with Crippen molar-refractivity contribution >= 4 is 17.3 Å². The molecule has 2 N–H and O–H groups in total. The molecule has 0 aliphatic carbocycles. The van der Waals surface area contributed by atoms with Crippen LogP contribution in [0.3, 0.4) is 0 Å². The number of benzene rings is 2. The van der Waals surface area contributed by atoms with Crippen molar-refractivity contribution in [1.29, 1.82) is 0 Å². The summed E-state index contributed by atoms with van der Waals surface area (Å²) in [6.45, 7) is 4.68. The normalized spacial score (nSPS) is 10.4. The number of hydrogen-bond donors (Lipinski definition) is 2. The van der Waals surface area contributed by atoms with Crippen LogP contribution in [0.4, 0.5) is 11.4 Å². The number of rotatable bonds is 7. The minimum Gasteiger partial charge on any atom is -0.496 e. The molecule has 28 heavy (non-hydrogen) atoms. The topological polar surface area (TPSA) is 63.2 Å². The Hall–Kier alpha value is -3.34. The first-order chi connectivity index (χ1) is 13.6. The second kappa shape index (κ2) is 9.04. The summed E-state index contributed by atoms with van der Waals surface area (Å²) in [6.07, 6.45) is 2.37. The summed E-state index contributed by atoms with van der Waals surface area (Å²) in [5.41, 5.74) is 5.76. The Kier molecular flexibility index (Phi) is 6.27. The average Bonchev–Trinajstić information content (AvgIpc) is 2.72. The number of carbonyl (C=O) groups excluding carboxylic acids is 1. The standard InChI is InChI=1S/C23H25N3O2/c1-16-7-6-9-20(17(16)2)26-19-11-12-21(25-15-19)23(27)24-14-13-18-8-4-5-10-22(18)28-3/h4-12,15,26H,13-14H2,1-3H3,(H,24,27). The lowest BCUT2D eigenvalue weighted by Gasteiger charge is -2.12. The molecule has 1 amide bonds. The Morgan fingerprint density at radius 2 is 1.86 bits per heavy atom. The molecule has 0 fully saturated rings. The van der Waals surface area contributed by atoms with Crippen molar-refractivity contribution in [2.45, 2.75) is 20.3 Å². The SMILES string of the molecule is COc1ccccc1CCNC(=O)c1ccc(Nc2cccc(C)c2C)cn1. The first-order valence-electron chi connectivity index (χ1n) is 9.28. The van der Waals surface area contributed by atoms with Crippen molar-refractivity contribution in [3.8, 4) is 5.75 Å². The zero-order valence-corrected chi connectivity index (χ0v) is 16.5. The van der Waals surface area contributed by atoms with Crippen molar-refractivity contribution in [3.63, 3.8) is 0 Å². The molecule has 0 spiro atoms. The monoisotopic (exact) mass is 375 g/mol. The van der Waals surface area contributed by atoms with Crippen LogP contribution in [-0.4, -0.2) is 24.5 Å². The van der Waals surface area contributed by atoms with Gasteiger partial charge >= 0.3 is 0 Å². The predicted molar refractivity (Wildman–Crippen MR) is 112 cm³/mol. The lowest BCUT2D eigenvalue weighted by Crippen LogP contribution is -2.26. The summed E-state index contributed by atoms with van der Waals surface area (Å²) in [4.78, 5) is 16.6. The maximum Gasteiger partial charge on any atom is 0.269 e. The first-order valence-corrected chi connectivity index (χ1v) is 9.28. The van der Waals surface area contributed by atoms with E-state index in [-0.39, 0.29) is 5.91 Å². The minimum absolute atomic E-state index is 0.187. The molecular weight excluding hydrogens is 350 g/mol. The molecule has 2 aromatic carbocycles. The fourth-order valence-electron chi connectivity index (χ4n) is 2.95. The summed E-state index contributed by atoms with van der Waals surface area (Å²) in [7, 11) is 1.65. The highest BCUT2D eigenvalue weighted by Gasteiger charge is 2.08. The van der Waals surface area contributed by atoms with Gasteiger partial charge in [0.25, 0.3) is 5.91 Å². The molecule has 144 valence electrons. The van der Waals surface area contributed by atoms with Crippen molar-refractivity contribution in [2.75, 3.05) is 19.0 Å². The van der Waals surface area contributed by atoms with Crippen LogP contribution in [0.2, 0.25) is 0 Å².